The largest absolute Gasteiger partial charge is 0.321 e. The minimum atomic E-state index is -3.01. The van der Waals surface area contributed by atoms with Gasteiger partial charge >= 0.3 is 0 Å². The SMILES string of the molecule is O=C(Nc1ccc(Cl)cc1)c1nn([C@@H]2CCS(=O)(=O)C2)c2c1CCCC2. The van der Waals surface area contributed by atoms with Crippen LogP contribution in [0.5, 0.6) is 0 Å². The molecule has 1 atom stereocenters. The molecule has 0 unspecified atom stereocenters. The summed E-state index contributed by atoms with van der Waals surface area (Å²) in [4.78, 5) is 12.8. The number of nitrogens with zero attached hydrogens (tertiary/aromatic N) is 2. The van der Waals surface area contributed by atoms with Crippen molar-refractivity contribution in [3.63, 3.8) is 0 Å². The summed E-state index contributed by atoms with van der Waals surface area (Å²) in [5.74, 6) is 0.0444. The molecule has 1 saturated heterocycles. The van der Waals surface area contributed by atoms with Crippen LogP contribution in [0, 0.1) is 0 Å². The van der Waals surface area contributed by atoms with Crippen molar-refractivity contribution in [1.82, 2.24) is 9.78 Å². The summed E-state index contributed by atoms with van der Waals surface area (Å²) in [5, 5.41) is 8.03. The van der Waals surface area contributed by atoms with Crippen LogP contribution in [0.2, 0.25) is 5.02 Å². The minimum Gasteiger partial charge on any atom is -0.321 e. The smallest absolute Gasteiger partial charge is 0.276 e. The number of carbonyl (C=O) groups excluding carboxylic acids is 1. The number of hydrogen-bond acceptors (Lipinski definition) is 4. The average Bonchev–Trinajstić information content (AvgIpc) is 3.17. The molecule has 6 nitrogen and oxygen atoms in total. The van der Waals surface area contributed by atoms with Crippen LogP contribution in [-0.4, -0.2) is 35.6 Å². The zero-order valence-corrected chi connectivity index (χ0v) is 15.8. The minimum absolute atomic E-state index is 0.110. The van der Waals surface area contributed by atoms with Gasteiger partial charge in [0, 0.05) is 22.0 Å². The molecule has 2 aromatic rings. The fourth-order valence-electron chi connectivity index (χ4n) is 3.80. The monoisotopic (exact) mass is 393 g/mol. The van der Waals surface area contributed by atoms with Crippen LogP contribution in [0.1, 0.15) is 47.1 Å². The Hall–Kier alpha value is -1.86. The third-order valence-electron chi connectivity index (χ3n) is 5.08. The van der Waals surface area contributed by atoms with Crippen LogP contribution in [0.25, 0.3) is 0 Å². The normalized spacial score (nSPS) is 21.3. The molecular weight excluding hydrogens is 374 g/mol. The van der Waals surface area contributed by atoms with Crippen molar-refractivity contribution in [1.29, 1.82) is 0 Å². The highest BCUT2D eigenvalue weighted by molar-refractivity contribution is 7.91. The van der Waals surface area contributed by atoms with E-state index in [1.807, 2.05) is 4.68 Å². The number of amides is 1. The summed E-state index contributed by atoms with van der Waals surface area (Å²) in [6.07, 6.45) is 4.26. The number of hydrogen-bond donors (Lipinski definition) is 1. The van der Waals surface area contributed by atoms with Gasteiger partial charge in [0.15, 0.2) is 15.5 Å². The summed E-state index contributed by atoms with van der Waals surface area (Å²) < 4.78 is 25.5. The molecule has 2 aliphatic rings. The van der Waals surface area contributed by atoms with E-state index in [9.17, 15) is 13.2 Å². The van der Waals surface area contributed by atoms with Crippen LogP contribution >= 0.6 is 11.6 Å². The van der Waals surface area contributed by atoms with Crippen LogP contribution in [0.3, 0.4) is 0 Å². The molecule has 1 N–H and O–H groups in total. The van der Waals surface area contributed by atoms with Crippen molar-refractivity contribution in [3.05, 3.63) is 46.2 Å². The van der Waals surface area contributed by atoms with Gasteiger partial charge in [0.25, 0.3) is 5.91 Å². The van der Waals surface area contributed by atoms with E-state index in [2.05, 4.69) is 10.4 Å². The summed E-state index contributed by atoms with van der Waals surface area (Å²) >= 11 is 5.88. The van der Waals surface area contributed by atoms with Crippen LogP contribution in [0.4, 0.5) is 5.69 Å². The fraction of sp³-hybridized carbons (Fsp3) is 0.444. The van der Waals surface area contributed by atoms with E-state index in [1.54, 1.807) is 24.3 Å². The Morgan fingerprint density at radius 1 is 1.19 bits per heavy atom. The molecule has 2 heterocycles. The number of aromatic nitrogens is 2. The van der Waals surface area contributed by atoms with Crippen molar-refractivity contribution in [3.8, 4) is 0 Å². The molecular formula is C18H20ClN3O3S. The van der Waals surface area contributed by atoms with E-state index in [-0.39, 0.29) is 23.5 Å². The van der Waals surface area contributed by atoms with Gasteiger partial charge in [-0.1, -0.05) is 11.6 Å². The summed E-state index contributed by atoms with van der Waals surface area (Å²) in [7, 11) is -3.01. The maximum atomic E-state index is 12.8. The number of carbonyl (C=O) groups is 1. The lowest BCUT2D eigenvalue weighted by molar-refractivity contribution is 0.102. The molecule has 1 aromatic heterocycles. The highest BCUT2D eigenvalue weighted by Crippen LogP contribution is 2.31. The number of fused-ring (bicyclic) bond motifs is 1. The zero-order chi connectivity index (χ0) is 18.3. The molecule has 8 heteroatoms. The molecule has 1 aliphatic heterocycles. The maximum Gasteiger partial charge on any atom is 0.276 e. The van der Waals surface area contributed by atoms with Gasteiger partial charge in [-0.05, 0) is 56.4 Å². The quantitative estimate of drug-likeness (QED) is 0.869. The van der Waals surface area contributed by atoms with Gasteiger partial charge in [0.05, 0.1) is 17.5 Å². The number of anilines is 1. The van der Waals surface area contributed by atoms with Gasteiger partial charge in [-0.3, -0.25) is 9.48 Å². The first-order chi connectivity index (χ1) is 12.4. The second kappa shape index (κ2) is 6.70. The van der Waals surface area contributed by atoms with Gasteiger partial charge in [-0.25, -0.2) is 8.42 Å². The Balaban J connectivity index is 1.65. The van der Waals surface area contributed by atoms with Gasteiger partial charge in [-0.2, -0.15) is 5.10 Å². The van der Waals surface area contributed by atoms with Crippen molar-refractivity contribution in [2.24, 2.45) is 0 Å². The average molecular weight is 394 g/mol. The molecule has 138 valence electrons. The maximum absolute atomic E-state index is 12.8. The molecule has 1 amide bonds. The number of benzene rings is 1. The second-order valence-corrected chi connectivity index (χ2v) is 9.61. The van der Waals surface area contributed by atoms with Crippen molar-refractivity contribution >= 4 is 33.0 Å². The highest BCUT2D eigenvalue weighted by Gasteiger charge is 2.34. The van der Waals surface area contributed by atoms with Gasteiger partial charge in [0.2, 0.25) is 0 Å². The molecule has 0 radical (unpaired) electrons. The molecule has 0 saturated carbocycles. The van der Waals surface area contributed by atoms with Crippen molar-refractivity contribution in [2.75, 3.05) is 16.8 Å². The Labute approximate surface area is 157 Å². The summed E-state index contributed by atoms with van der Waals surface area (Å²) in [5.41, 5.74) is 3.06. The first kappa shape index (κ1) is 17.5. The lowest BCUT2D eigenvalue weighted by Gasteiger charge is -2.17. The molecule has 1 fully saturated rings. The first-order valence-corrected chi connectivity index (χ1v) is 11.0. The van der Waals surface area contributed by atoms with E-state index >= 15 is 0 Å². The Morgan fingerprint density at radius 2 is 1.92 bits per heavy atom. The molecule has 4 rings (SSSR count). The predicted octanol–water partition coefficient (Wildman–Crippen LogP) is 3.03. The van der Waals surface area contributed by atoms with Crippen molar-refractivity contribution < 1.29 is 13.2 Å². The fourth-order valence-corrected chi connectivity index (χ4v) is 5.62. The van der Waals surface area contributed by atoms with Gasteiger partial charge in [-0.15, -0.1) is 0 Å². The topological polar surface area (TPSA) is 81.1 Å². The van der Waals surface area contributed by atoms with Crippen LogP contribution < -0.4 is 5.32 Å². The zero-order valence-electron chi connectivity index (χ0n) is 14.2. The van der Waals surface area contributed by atoms with Gasteiger partial charge < -0.3 is 5.32 Å². The van der Waals surface area contributed by atoms with Crippen LogP contribution in [-0.2, 0) is 22.7 Å². The third-order valence-corrected chi connectivity index (χ3v) is 7.08. The number of sulfone groups is 1. The molecule has 1 aliphatic carbocycles. The van der Waals surface area contributed by atoms with Gasteiger partial charge in [0.1, 0.15) is 0 Å². The second-order valence-electron chi connectivity index (χ2n) is 6.94. The van der Waals surface area contributed by atoms with E-state index in [1.165, 1.54) is 0 Å². The van der Waals surface area contributed by atoms with Crippen LogP contribution in [0.15, 0.2) is 24.3 Å². The molecule has 0 bridgehead atoms. The van der Waals surface area contributed by atoms with E-state index < -0.39 is 9.84 Å². The van der Waals surface area contributed by atoms with E-state index in [4.69, 9.17) is 11.6 Å². The Kier molecular flexibility index (Phi) is 4.52. The molecule has 1 aromatic carbocycles. The highest BCUT2D eigenvalue weighted by atomic mass is 35.5. The number of rotatable bonds is 3. The van der Waals surface area contributed by atoms with Crippen molar-refractivity contribution in [2.45, 2.75) is 38.1 Å². The summed E-state index contributed by atoms with van der Waals surface area (Å²) in [6, 6.07) is 6.76. The third kappa shape index (κ3) is 3.38. The molecule has 26 heavy (non-hydrogen) atoms. The van der Waals surface area contributed by atoms with E-state index in [0.29, 0.717) is 22.8 Å². The lowest BCUT2D eigenvalue weighted by Crippen LogP contribution is -2.17. The Bertz CT molecular complexity index is 951. The Morgan fingerprint density at radius 3 is 2.62 bits per heavy atom. The summed E-state index contributed by atoms with van der Waals surface area (Å²) in [6.45, 7) is 0. The standard InChI is InChI=1S/C18H20ClN3O3S/c19-12-5-7-13(8-6-12)20-18(23)17-15-3-1-2-4-16(15)22(21-17)14-9-10-26(24,25)11-14/h5-8,14H,1-4,9-11H2,(H,20,23)/t14-/m1/s1. The van der Waals surface area contributed by atoms with E-state index in [0.717, 1.165) is 36.9 Å². The predicted molar refractivity (Wildman–Crippen MR) is 101 cm³/mol. The lowest BCUT2D eigenvalue weighted by atomic mass is 9.95. The number of halogens is 1. The first-order valence-electron chi connectivity index (χ1n) is 8.80. The molecule has 0 spiro atoms. The number of nitrogens with one attached hydrogen (secondary N) is 1.